The fourth-order valence-corrected chi connectivity index (χ4v) is 0.397. The average molecular weight is 142 g/mol. The number of hydrogen-bond acceptors (Lipinski definition) is 2. The zero-order valence-corrected chi connectivity index (χ0v) is 5.59. The number of amides is 2. The van der Waals surface area contributed by atoms with Crippen molar-refractivity contribution in [3.05, 3.63) is 12.2 Å². The number of carbonyl (C=O) groups is 2. The van der Waals surface area contributed by atoms with E-state index in [2.05, 4.69) is 6.58 Å². The van der Waals surface area contributed by atoms with Gasteiger partial charge in [-0.25, -0.2) is 0 Å². The number of carbonyl (C=O) groups excluding carboxylic acids is 2. The van der Waals surface area contributed by atoms with Crippen molar-refractivity contribution in [3.8, 4) is 0 Å². The third-order valence-corrected chi connectivity index (χ3v) is 1.02. The Morgan fingerprint density at radius 2 is 1.70 bits per heavy atom. The molecule has 0 bridgehead atoms. The minimum atomic E-state index is -0.582. The smallest absolute Gasteiger partial charge is 0.244 e. The van der Waals surface area contributed by atoms with Gasteiger partial charge >= 0.3 is 0 Å². The molecule has 0 fully saturated rings. The predicted octanol–water partition coefficient (Wildman–Crippen LogP) is -0.707. The van der Waals surface area contributed by atoms with Crippen LogP contribution in [0.4, 0.5) is 0 Å². The minimum Gasteiger partial charge on any atom is -0.370 e. The largest absolute Gasteiger partial charge is 0.370 e. The monoisotopic (exact) mass is 142 g/mol. The molecule has 0 unspecified atom stereocenters. The molecule has 4 N–H and O–H groups in total. The van der Waals surface area contributed by atoms with Crippen molar-refractivity contribution in [2.24, 2.45) is 11.5 Å². The lowest BCUT2D eigenvalue weighted by Crippen LogP contribution is -2.16. The second kappa shape index (κ2) is 3.66. The van der Waals surface area contributed by atoms with E-state index < -0.39 is 11.8 Å². The highest BCUT2D eigenvalue weighted by Crippen LogP contribution is 1.99. The lowest BCUT2D eigenvalue weighted by atomic mass is 10.1. The van der Waals surface area contributed by atoms with Crippen LogP contribution in [0.1, 0.15) is 12.8 Å². The molecule has 0 aliphatic heterocycles. The summed E-state index contributed by atoms with van der Waals surface area (Å²) in [5, 5.41) is 0. The Kier molecular flexibility index (Phi) is 3.17. The van der Waals surface area contributed by atoms with E-state index in [-0.39, 0.29) is 18.4 Å². The lowest BCUT2D eigenvalue weighted by molar-refractivity contribution is -0.118. The van der Waals surface area contributed by atoms with Gasteiger partial charge in [0.15, 0.2) is 0 Å². The number of primary amides is 2. The maximum absolute atomic E-state index is 10.3. The van der Waals surface area contributed by atoms with E-state index in [0.717, 1.165) is 0 Å². The molecule has 10 heavy (non-hydrogen) atoms. The summed E-state index contributed by atoms with van der Waals surface area (Å²) < 4.78 is 0. The molecule has 0 heterocycles. The first-order valence-electron chi connectivity index (χ1n) is 2.80. The van der Waals surface area contributed by atoms with Gasteiger partial charge in [-0.2, -0.15) is 0 Å². The van der Waals surface area contributed by atoms with Crippen molar-refractivity contribution in [2.75, 3.05) is 0 Å². The van der Waals surface area contributed by atoms with Crippen molar-refractivity contribution in [3.63, 3.8) is 0 Å². The van der Waals surface area contributed by atoms with Crippen molar-refractivity contribution in [1.29, 1.82) is 0 Å². The van der Waals surface area contributed by atoms with E-state index in [9.17, 15) is 9.59 Å². The Morgan fingerprint density at radius 3 is 2.00 bits per heavy atom. The van der Waals surface area contributed by atoms with Gasteiger partial charge in [-0.3, -0.25) is 9.59 Å². The highest BCUT2D eigenvalue weighted by atomic mass is 16.1. The highest BCUT2D eigenvalue weighted by Gasteiger charge is 2.02. The van der Waals surface area contributed by atoms with E-state index in [1.165, 1.54) is 0 Å². The number of hydrogen-bond donors (Lipinski definition) is 2. The molecule has 0 aromatic carbocycles. The Labute approximate surface area is 58.9 Å². The molecular weight excluding hydrogens is 132 g/mol. The Balaban J connectivity index is 3.60. The van der Waals surface area contributed by atoms with Gasteiger partial charge < -0.3 is 11.5 Å². The van der Waals surface area contributed by atoms with Gasteiger partial charge in [-0.15, -0.1) is 0 Å². The fraction of sp³-hybridized carbons (Fsp3) is 0.333. The standard InChI is InChI=1S/C6H10N2O2/c1-4(6(8)10)2-3-5(7)9/h1-3H2,(H2,7,9)(H2,8,10). The summed E-state index contributed by atoms with van der Waals surface area (Å²) in [5.74, 6) is -1.04. The molecule has 0 aliphatic carbocycles. The van der Waals surface area contributed by atoms with Crippen molar-refractivity contribution < 1.29 is 9.59 Å². The van der Waals surface area contributed by atoms with Gasteiger partial charge in [0.2, 0.25) is 11.8 Å². The van der Waals surface area contributed by atoms with Crippen LogP contribution < -0.4 is 11.5 Å². The molecule has 0 saturated heterocycles. The molecule has 56 valence electrons. The van der Waals surface area contributed by atoms with E-state index in [4.69, 9.17) is 11.5 Å². The molecule has 0 rings (SSSR count). The third-order valence-electron chi connectivity index (χ3n) is 1.02. The summed E-state index contributed by atoms with van der Waals surface area (Å²) in [4.78, 5) is 20.4. The first-order valence-corrected chi connectivity index (χ1v) is 2.80. The van der Waals surface area contributed by atoms with Crippen molar-refractivity contribution in [2.45, 2.75) is 12.8 Å². The predicted molar refractivity (Wildman–Crippen MR) is 36.8 cm³/mol. The van der Waals surface area contributed by atoms with Gasteiger partial charge in [-0.05, 0) is 6.42 Å². The third kappa shape index (κ3) is 3.65. The number of nitrogens with two attached hydrogens (primary N) is 2. The molecule has 2 amide bonds. The Bertz CT molecular complexity index is 175. The zero-order chi connectivity index (χ0) is 8.15. The maximum Gasteiger partial charge on any atom is 0.244 e. The number of rotatable bonds is 4. The first kappa shape index (κ1) is 8.68. The quantitative estimate of drug-likeness (QED) is 0.508. The SMILES string of the molecule is C=C(CCC(N)=O)C(N)=O. The van der Waals surface area contributed by atoms with E-state index in [0.29, 0.717) is 0 Å². The fourth-order valence-electron chi connectivity index (χ4n) is 0.397. The lowest BCUT2D eigenvalue weighted by Gasteiger charge is -1.95. The van der Waals surface area contributed by atoms with Crippen LogP contribution in [0.5, 0.6) is 0 Å². The zero-order valence-electron chi connectivity index (χ0n) is 5.59. The van der Waals surface area contributed by atoms with Gasteiger partial charge in [-0.1, -0.05) is 6.58 Å². The van der Waals surface area contributed by atoms with Crippen LogP contribution in [0.2, 0.25) is 0 Å². The molecule has 4 heteroatoms. The Morgan fingerprint density at radius 1 is 1.20 bits per heavy atom. The van der Waals surface area contributed by atoms with Crippen LogP contribution in [0.25, 0.3) is 0 Å². The molecule has 0 radical (unpaired) electrons. The topological polar surface area (TPSA) is 86.2 Å². The molecule has 0 aromatic rings. The average Bonchev–Trinajstić information content (AvgIpc) is 1.82. The summed E-state index contributed by atoms with van der Waals surface area (Å²) in [5.41, 5.74) is 9.88. The minimum absolute atomic E-state index is 0.127. The summed E-state index contributed by atoms with van der Waals surface area (Å²) in [6.45, 7) is 3.34. The van der Waals surface area contributed by atoms with Gasteiger partial charge in [0.25, 0.3) is 0 Å². The van der Waals surface area contributed by atoms with Crippen LogP contribution in [0.3, 0.4) is 0 Å². The normalized spacial score (nSPS) is 8.80. The van der Waals surface area contributed by atoms with E-state index in [1.54, 1.807) is 0 Å². The molecule has 4 nitrogen and oxygen atoms in total. The Hall–Kier alpha value is -1.32. The van der Waals surface area contributed by atoms with Gasteiger partial charge in [0.05, 0.1) is 0 Å². The summed E-state index contributed by atoms with van der Waals surface area (Å²) in [6.07, 6.45) is 0.381. The van der Waals surface area contributed by atoms with E-state index >= 15 is 0 Å². The van der Waals surface area contributed by atoms with Crippen LogP contribution >= 0.6 is 0 Å². The second-order valence-electron chi connectivity index (χ2n) is 1.93. The molecule has 0 aromatic heterocycles. The summed E-state index contributed by atoms with van der Waals surface area (Å²) in [7, 11) is 0. The molecule has 0 spiro atoms. The highest BCUT2D eigenvalue weighted by molar-refractivity contribution is 5.91. The molecule has 0 atom stereocenters. The van der Waals surface area contributed by atoms with Gasteiger partial charge in [0.1, 0.15) is 0 Å². The molecular formula is C6H10N2O2. The van der Waals surface area contributed by atoms with Crippen molar-refractivity contribution in [1.82, 2.24) is 0 Å². The molecule has 0 saturated carbocycles. The van der Waals surface area contributed by atoms with Crippen molar-refractivity contribution >= 4 is 11.8 Å². The van der Waals surface area contributed by atoms with Crippen LogP contribution in [0, 0.1) is 0 Å². The van der Waals surface area contributed by atoms with Crippen LogP contribution in [0.15, 0.2) is 12.2 Å². The molecule has 0 aliphatic rings. The second-order valence-corrected chi connectivity index (χ2v) is 1.93. The van der Waals surface area contributed by atoms with E-state index in [1.807, 2.05) is 0 Å². The summed E-state index contributed by atoms with van der Waals surface area (Å²) in [6, 6.07) is 0. The first-order chi connectivity index (χ1) is 4.54. The summed E-state index contributed by atoms with van der Waals surface area (Å²) >= 11 is 0. The van der Waals surface area contributed by atoms with Crippen LogP contribution in [-0.4, -0.2) is 11.8 Å². The van der Waals surface area contributed by atoms with Crippen LogP contribution in [-0.2, 0) is 9.59 Å². The maximum atomic E-state index is 10.3. The van der Waals surface area contributed by atoms with Gasteiger partial charge in [0, 0.05) is 12.0 Å².